The lowest BCUT2D eigenvalue weighted by molar-refractivity contribution is -0.383. The fourth-order valence-electron chi connectivity index (χ4n) is 1.03. The zero-order valence-corrected chi connectivity index (χ0v) is 8.48. The molecule has 2 N–H and O–H groups in total. The predicted molar refractivity (Wildman–Crippen MR) is 53.0 cm³/mol. The number of rotatable bonds is 3. The van der Waals surface area contributed by atoms with Crippen molar-refractivity contribution in [2.75, 3.05) is 4.72 Å². The Kier molecular flexibility index (Phi) is 2.91. The van der Waals surface area contributed by atoms with Gasteiger partial charge in [0.2, 0.25) is 0 Å². The first-order chi connectivity index (χ1) is 6.79. The van der Waals surface area contributed by atoms with Crippen LogP contribution >= 0.6 is 0 Å². The van der Waals surface area contributed by atoms with Gasteiger partial charge in [-0.15, -0.1) is 0 Å². The van der Waals surface area contributed by atoms with E-state index in [2.05, 4.69) is 0 Å². The van der Waals surface area contributed by atoms with Crippen molar-refractivity contribution in [3.8, 4) is 0 Å². The summed E-state index contributed by atoms with van der Waals surface area (Å²) in [6.45, 7) is 1.64. The molecule has 0 heterocycles. The van der Waals surface area contributed by atoms with Crippen LogP contribution in [0.2, 0.25) is 0 Å². The minimum atomic E-state index is -4.50. The molecule has 1 rings (SSSR count). The minimum absolute atomic E-state index is 0.262. The van der Waals surface area contributed by atoms with Gasteiger partial charge in [0.25, 0.3) is 5.69 Å². The molecule has 15 heavy (non-hydrogen) atoms. The summed E-state index contributed by atoms with van der Waals surface area (Å²) in [5, 5.41) is 10.5. The van der Waals surface area contributed by atoms with Crippen molar-refractivity contribution < 1.29 is 17.9 Å². The number of hydrogen-bond acceptors (Lipinski definition) is 4. The molecule has 0 aliphatic rings. The second-order valence-corrected chi connectivity index (χ2v) is 4.01. The van der Waals surface area contributed by atoms with Gasteiger partial charge in [-0.3, -0.25) is 19.4 Å². The monoisotopic (exact) mass is 232 g/mol. The summed E-state index contributed by atoms with van der Waals surface area (Å²) in [5.74, 6) is 0. The van der Waals surface area contributed by atoms with Gasteiger partial charge in [0.15, 0.2) is 0 Å². The predicted octanol–water partition coefficient (Wildman–Crippen LogP) is 1.12. The van der Waals surface area contributed by atoms with Crippen LogP contribution in [0.5, 0.6) is 0 Å². The summed E-state index contributed by atoms with van der Waals surface area (Å²) >= 11 is 0. The highest BCUT2D eigenvalue weighted by Gasteiger charge is 2.16. The van der Waals surface area contributed by atoms with Crippen LogP contribution < -0.4 is 4.72 Å². The fourth-order valence-corrected chi connectivity index (χ4v) is 1.47. The molecule has 1 aromatic carbocycles. The van der Waals surface area contributed by atoms with Gasteiger partial charge in [0.05, 0.1) is 4.92 Å². The standard InChI is InChI=1S/C7H8N2O5S/c1-5-2-3-7(9(10)11)6(4-5)8-15(12,13)14/h2-4,8H,1H3,(H,12,13,14). The van der Waals surface area contributed by atoms with Crippen molar-refractivity contribution in [1.29, 1.82) is 0 Å². The summed E-state index contributed by atoms with van der Waals surface area (Å²) in [5.41, 5.74) is -0.0486. The number of aryl methyl sites for hydroxylation is 1. The van der Waals surface area contributed by atoms with E-state index in [1.54, 1.807) is 11.6 Å². The molecule has 0 aliphatic carbocycles. The van der Waals surface area contributed by atoms with Gasteiger partial charge in [-0.25, -0.2) is 0 Å². The molecular weight excluding hydrogens is 224 g/mol. The second-order valence-electron chi connectivity index (χ2n) is 2.85. The van der Waals surface area contributed by atoms with Gasteiger partial charge in [-0.1, -0.05) is 6.07 Å². The second kappa shape index (κ2) is 3.83. The van der Waals surface area contributed by atoms with Crippen molar-refractivity contribution in [3.05, 3.63) is 33.9 Å². The molecule has 0 bridgehead atoms. The maximum Gasteiger partial charge on any atom is 0.357 e. The smallest absolute Gasteiger partial charge is 0.269 e. The first-order valence-corrected chi connectivity index (χ1v) is 5.24. The van der Waals surface area contributed by atoms with E-state index in [0.29, 0.717) is 5.56 Å². The van der Waals surface area contributed by atoms with Crippen molar-refractivity contribution >= 4 is 21.7 Å². The summed E-state index contributed by atoms with van der Waals surface area (Å²) in [7, 11) is -4.50. The third-order valence-electron chi connectivity index (χ3n) is 1.59. The van der Waals surface area contributed by atoms with E-state index in [1.165, 1.54) is 12.1 Å². The van der Waals surface area contributed by atoms with Gasteiger partial charge < -0.3 is 0 Å². The number of nitro groups is 1. The van der Waals surface area contributed by atoms with Crippen LogP contribution in [0.15, 0.2) is 18.2 Å². The molecule has 8 heteroatoms. The Morgan fingerprint density at radius 1 is 1.47 bits per heavy atom. The van der Waals surface area contributed by atoms with E-state index in [4.69, 9.17) is 4.55 Å². The maximum absolute atomic E-state index is 10.5. The molecule has 7 nitrogen and oxygen atoms in total. The SMILES string of the molecule is Cc1ccc([N+](=O)[O-])c(NS(=O)(=O)O)c1. The molecule has 0 radical (unpaired) electrons. The molecule has 0 atom stereocenters. The van der Waals surface area contributed by atoms with Crippen LogP contribution in [0.1, 0.15) is 5.56 Å². The highest BCUT2D eigenvalue weighted by molar-refractivity contribution is 7.87. The molecule has 0 amide bonds. The van der Waals surface area contributed by atoms with Crippen molar-refractivity contribution in [1.82, 2.24) is 0 Å². The Labute approximate surface area is 85.8 Å². The molecular formula is C7H8N2O5S. The zero-order valence-electron chi connectivity index (χ0n) is 7.67. The summed E-state index contributed by atoms with van der Waals surface area (Å²) < 4.78 is 31.2. The molecule has 82 valence electrons. The highest BCUT2D eigenvalue weighted by Crippen LogP contribution is 2.25. The number of nitrogens with one attached hydrogen (secondary N) is 1. The van der Waals surface area contributed by atoms with E-state index in [-0.39, 0.29) is 5.69 Å². The topological polar surface area (TPSA) is 110 Å². The number of hydrogen-bond donors (Lipinski definition) is 2. The van der Waals surface area contributed by atoms with Gasteiger partial charge >= 0.3 is 10.3 Å². The average molecular weight is 232 g/mol. The first kappa shape index (κ1) is 11.4. The molecule has 0 spiro atoms. The van der Waals surface area contributed by atoms with Crippen molar-refractivity contribution in [3.63, 3.8) is 0 Å². The van der Waals surface area contributed by atoms with Crippen LogP contribution in [0.3, 0.4) is 0 Å². The molecule has 0 saturated carbocycles. The quantitative estimate of drug-likeness (QED) is 0.461. The lowest BCUT2D eigenvalue weighted by Gasteiger charge is -2.04. The van der Waals surface area contributed by atoms with Crippen LogP contribution in [0.25, 0.3) is 0 Å². The number of anilines is 1. The Bertz CT molecular complexity index is 496. The fraction of sp³-hybridized carbons (Fsp3) is 0.143. The molecule has 0 fully saturated rings. The van der Waals surface area contributed by atoms with Crippen molar-refractivity contribution in [2.45, 2.75) is 6.92 Å². The third-order valence-corrected chi connectivity index (χ3v) is 2.07. The van der Waals surface area contributed by atoms with Crippen molar-refractivity contribution in [2.24, 2.45) is 0 Å². The largest absolute Gasteiger partial charge is 0.357 e. The van der Waals surface area contributed by atoms with Crippen LogP contribution in [0, 0.1) is 17.0 Å². The summed E-state index contributed by atoms with van der Waals surface area (Å²) in [6, 6.07) is 3.88. The van der Waals surface area contributed by atoms with E-state index in [9.17, 15) is 18.5 Å². The minimum Gasteiger partial charge on any atom is -0.269 e. The van der Waals surface area contributed by atoms with E-state index in [1.807, 2.05) is 0 Å². The Hall–Kier alpha value is -1.67. The Morgan fingerprint density at radius 2 is 2.07 bits per heavy atom. The van der Waals surface area contributed by atoms with Crippen LogP contribution in [-0.2, 0) is 10.3 Å². The number of nitro benzene ring substituents is 1. The van der Waals surface area contributed by atoms with E-state index < -0.39 is 20.9 Å². The Balaban J connectivity index is 3.25. The number of benzene rings is 1. The lowest BCUT2D eigenvalue weighted by atomic mass is 10.2. The van der Waals surface area contributed by atoms with Crippen LogP contribution in [0.4, 0.5) is 11.4 Å². The van der Waals surface area contributed by atoms with Gasteiger partial charge in [-0.2, -0.15) is 8.42 Å². The Morgan fingerprint density at radius 3 is 2.53 bits per heavy atom. The zero-order chi connectivity index (χ0) is 11.6. The average Bonchev–Trinajstić information content (AvgIpc) is 1.99. The first-order valence-electron chi connectivity index (χ1n) is 3.80. The van der Waals surface area contributed by atoms with Crippen LogP contribution in [-0.4, -0.2) is 17.9 Å². The maximum atomic E-state index is 10.5. The summed E-state index contributed by atoms with van der Waals surface area (Å²) in [6.07, 6.45) is 0. The van der Waals surface area contributed by atoms with E-state index in [0.717, 1.165) is 6.07 Å². The number of nitrogens with zero attached hydrogens (tertiary/aromatic N) is 1. The van der Waals surface area contributed by atoms with Gasteiger partial charge in [-0.05, 0) is 18.6 Å². The van der Waals surface area contributed by atoms with Gasteiger partial charge in [0, 0.05) is 6.07 Å². The summed E-state index contributed by atoms with van der Waals surface area (Å²) in [4.78, 5) is 9.76. The molecule has 0 unspecified atom stereocenters. The molecule has 1 aromatic rings. The normalized spacial score (nSPS) is 11.1. The lowest BCUT2D eigenvalue weighted by Crippen LogP contribution is -2.11. The molecule has 0 saturated heterocycles. The molecule has 0 aliphatic heterocycles. The highest BCUT2D eigenvalue weighted by atomic mass is 32.2. The van der Waals surface area contributed by atoms with Gasteiger partial charge in [0.1, 0.15) is 5.69 Å². The third kappa shape index (κ3) is 3.18. The van der Waals surface area contributed by atoms with E-state index >= 15 is 0 Å². The molecule has 0 aromatic heterocycles.